The van der Waals surface area contributed by atoms with Gasteiger partial charge in [-0.15, -0.1) is 0 Å². The van der Waals surface area contributed by atoms with Crippen molar-refractivity contribution < 1.29 is 4.79 Å². The second-order valence-electron chi connectivity index (χ2n) is 3.73. The van der Waals surface area contributed by atoms with Crippen LogP contribution in [0.4, 0.5) is 0 Å². The largest absolute Gasteiger partial charge is 0.340 e. The molecule has 4 heteroatoms. The van der Waals surface area contributed by atoms with E-state index in [9.17, 15) is 4.79 Å². The van der Waals surface area contributed by atoms with Gasteiger partial charge in [0.2, 0.25) is 5.91 Å². The Morgan fingerprint density at radius 2 is 2.43 bits per heavy atom. The number of nitrogens with zero attached hydrogens (tertiary/aromatic N) is 1. The predicted molar refractivity (Wildman–Crippen MR) is 61.6 cm³/mol. The lowest BCUT2D eigenvalue weighted by atomic mass is 10.2. The van der Waals surface area contributed by atoms with Gasteiger partial charge in [-0.05, 0) is 6.92 Å². The summed E-state index contributed by atoms with van der Waals surface area (Å²) in [5, 5.41) is 3.23. The number of amides is 1. The summed E-state index contributed by atoms with van der Waals surface area (Å²) in [5.74, 6) is 2.17. The molecule has 0 saturated carbocycles. The molecule has 1 atom stereocenters. The molecular formula is C10H18N2OS. The van der Waals surface area contributed by atoms with Gasteiger partial charge in [0.05, 0.1) is 6.04 Å². The minimum absolute atomic E-state index is 0.00176. The van der Waals surface area contributed by atoms with E-state index in [0.717, 1.165) is 23.6 Å². The molecule has 1 saturated heterocycles. The van der Waals surface area contributed by atoms with E-state index in [0.29, 0.717) is 6.54 Å². The quantitative estimate of drug-likeness (QED) is 0.703. The molecule has 1 heterocycles. The summed E-state index contributed by atoms with van der Waals surface area (Å²) < 4.78 is 0. The van der Waals surface area contributed by atoms with Gasteiger partial charge in [-0.2, -0.15) is 11.8 Å². The molecule has 0 aromatic carbocycles. The van der Waals surface area contributed by atoms with E-state index in [1.54, 1.807) is 4.90 Å². The highest BCUT2D eigenvalue weighted by Crippen LogP contribution is 2.09. The van der Waals surface area contributed by atoms with Gasteiger partial charge in [0, 0.05) is 31.6 Å². The zero-order valence-electron chi connectivity index (χ0n) is 8.88. The van der Waals surface area contributed by atoms with Crippen molar-refractivity contribution in [1.29, 1.82) is 0 Å². The molecule has 0 spiro atoms. The number of rotatable bonds is 3. The van der Waals surface area contributed by atoms with Gasteiger partial charge in [-0.3, -0.25) is 4.79 Å². The first kappa shape index (κ1) is 11.6. The monoisotopic (exact) mass is 214 g/mol. The van der Waals surface area contributed by atoms with Crippen molar-refractivity contribution in [3.05, 3.63) is 12.2 Å². The molecule has 0 aromatic heterocycles. The maximum absolute atomic E-state index is 11.8. The van der Waals surface area contributed by atoms with Crippen LogP contribution in [0.5, 0.6) is 0 Å². The third-order valence-corrected chi connectivity index (χ3v) is 3.16. The lowest BCUT2D eigenvalue weighted by Gasteiger charge is -2.27. The fourth-order valence-electron chi connectivity index (χ4n) is 1.47. The normalized spacial score (nSPS) is 21.7. The van der Waals surface area contributed by atoms with Crippen molar-refractivity contribution in [2.24, 2.45) is 0 Å². The van der Waals surface area contributed by atoms with Gasteiger partial charge >= 0.3 is 0 Å². The highest BCUT2D eigenvalue weighted by atomic mass is 32.2. The maximum atomic E-state index is 11.8. The van der Waals surface area contributed by atoms with Crippen LogP contribution in [0.1, 0.15) is 6.92 Å². The topological polar surface area (TPSA) is 32.3 Å². The van der Waals surface area contributed by atoms with Crippen molar-refractivity contribution in [1.82, 2.24) is 10.2 Å². The Labute approximate surface area is 89.9 Å². The van der Waals surface area contributed by atoms with E-state index in [1.807, 2.05) is 25.7 Å². The van der Waals surface area contributed by atoms with Gasteiger partial charge in [0.25, 0.3) is 0 Å². The Morgan fingerprint density at radius 3 is 2.93 bits per heavy atom. The van der Waals surface area contributed by atoms with Gasteiger partial charge in [-0.1, -0.05) is 12.2 Å². The number of thioether (sulfide) groups is 1. The van der Waals surface area contributed by atoms with E-state index in [-0.39, 0.29) is 11.9 Å². The molecular weight excluding hydrogens is 196 g/mol. The van der Waals surface area contributed by atoms with Gasteiger partial charge in [-0.25, -0.2) is 0 Å². The van der Waals surface area contributed by atoms with E-state index >= 15 is 0 Å². The number of carbonyl (C=O) groups excluding carboxylic acids is 1. The first-order chi connectivity index (χ1) is 6.61. The number of likely N-dealkylation sites (N-methyl/N-ethyl adjacent to an activating group) is 1. The van der Waals surface area contributed by atoms with Crippen LogP contribution in [0.15, 0.2) is 12.2 Å². The van der Waals surface area contributed by atoms with Crippen molar-refractivity contribution in [3.8, 4) is 0 Å². The summed E-state index contributed by atoms with van der Waals surface area (Å²) in [5.41, 5.74) is 1.02. The van der Waals surface area contributed by atoms with E-state index < -0.39 is 0 Å². The minimum atomic E-state index is -0.00176. The van der Waals surface area contributed by atoms with Crippen LogP contribution in [-0.4, -0.2) is 48.5 Å². The van der Waals surface area contributed by atoms with Crippen LogP contribution in [0.25, 0.3) is 0 Å². The predicted octanol–water partition coefficient (Wildman–Crippen LogP) is 0.726. The summed E-state index contributed by atoms with van der Waals surface area (Å²) >= 11 is 1.84. The Morgan fingerprint density at radius 1 is 1.71 bits per heavy atom. The van der Waals surface area contributed by atoms with Crippen LogP contribution in [0.2, 0.25) is 0 Å². The van der Waals surface area contributed by atoms with Crippen molar-refractivity contribution >= 4 is 17.7 Å². The average Bonchev–Trinajstić information content (AvgIpc) is 2.17. The Balaban J connectivity index is 2.42. The molecule has 1 unspecified atom stereocenters. The van der Waals surface area contributed by atoms with E-state index in [2.05, 4.69) is 11.9 Å². The van der Waals surface area contributed by atoms with Crippen LogP contribution in [0.3, 0.4) is 0 Å². The summed E-state index contributed by atoms with van der Waals surface area (Å²) in [6.07, 6.45) is 0. The first-order valence-electron chi connectivity index (χ1n) is 4.81. The molecule has 3 nitrogen and oxygen atoms in total. The highest BCUT2D eigenvalue weighted by molar-refractivity contribution is 7.99. The molecule has 1 fully saturated rings. The summed E-state index contributed by atoms with van der Waals surface area (Å²) in [6.45, 7) is 7.33. The van der Waals surface area contributed by atoms with Crippen molar-refractivity contribution in [2.45, 2.75) is 13.0 Å². The van der Waals surface area contributed by atoms with Crippen molar-refractivity contribution in [2.75, 3.05) is 31.6 Å². The minimum Gasteiger partial charge on any atom is -0.340 e. The zero-order valence-corrected chi connectivity index (χ0v) is 9.69. The molecule has 1 rings (SSSR count). The fraction of sp³-hybridized carbons (Fsp3) is 0.700. The SMILES string of the molecule is C=C(C)CN(C)C(=O)C1CSCCN1. The average molecular weight is 214 g/mol. The molecule has 0 aromatic rings. The molecule has 1 aliphatic heterocycles. The zero-order chi connectivity index (χ0) is 10.6. The van der Waals surface area contributed by atoms with Gasteiger partial charge < -0.3 is 10.2 Å². The summed E-state index contributed by atoms with van der Waals surface area (Å²) in [6, 6.07) is -0.00176. The number of hydrogen-bond acceptors (Lipinski definition) is 3. The van der Waals surface area contributed by atoms with Crippen LogP contribution < -0.4 is 5.32 Å². The third-order valence-electron chi connectivity index (χ3n) is 2.10. The molecule has 0 radical (unpaired) electrons. The maximum Gasteiger partial charge on any atom is 0.240 e. The number of nitrogens with one attached hydrogen (secondary N) is 1. The van der Waals surface area contributed by atoms with Crippen LogP contribution in [0, 0.1) is 0 Å². The summed E-state index contributed by atoms with van der Waals surface area (Å²) in [7, 11) is 1.83. The Bertz CT molecular complexity index is 224. The Kier molecular flexibility index (Phi) is 4.48. The second-order valence-corrected chi connectivity index (χ2v) is 4.88. The first-order valence-corrected chi connectivity index (χ1v) is 5.97. The smallest absolute Gasteiger partial charge is 0.240 e. The summed E-state index contributed by atoms with van der Waals surface area (Å²) in [4.78, 5) is 13.6. The molecule has 1 aliphatic rings. The van der Waals surface area contributed by atoms with E-state index in [4.69, 9.17) is 0 Å². The second kappa shape index (κ2) is 5.41. The lowest BCUT2D eigenvalue weighted by Crippen LogP contribution is -2.49. The standard InChI is InChI=1S/C10H18N2OS/c1-8(2)6-12(3)10(13)9-7-14-5-4-11-9/h9,11H,1,4-7H2,2-3H3. The lowest BCUT2D eigenvalue weighted by molar-refractivity contribution is -0.131. The molecule has 1 amide bonds. The van der Waals surface area contributed by atoms with Crippen LogP contribution >= 0.6 is 11.8 Å². The number of carbonyl (C=O) groups is 1. The molecule has 0 aliphatic carbocycles. The van der Waals surface area contributed by atoms with Gasteiger partial charge in [0.15, 0.2) is 0 Å². The molecule has 80 valence electrons. The Hall–Kier alpha value is -0.480. The van der Waals surface area contributed by atoms with Crippen molar-refractivity contribution in [3.63, 3.8) is 0 Å². The molecule has 0 bridgehead atoms. The fourth-order valence-corrected chi connectivity index (χ4v) is 2.40. The van der Waals surface area contributed by atoms with E-state index in [1.165, 1.54) is 0 Å². The number of hydrogen-bond donors (Lipinski definition) is 1. The van der Waals surface area contributed by atoms with Crippen LogP contribution in [-0.2, 0) is 4.79 Å². The molecule has 14 heavy (non-hydrogen) atoms. The highest BCUT2D eigenvalue weighted by Gasteiger charge is 2.23. The van der Waals surface area contributed by atoms with Gasteiger partial charge in [0.1, 0.15) is 0 Å². The third kappa shape index (κ3) is 3.35. The molecule has 1 N–H and O–H groups in total.